The van der Waals surface area contributed by atoms with Crippen LogP contribution in [-0.2, 0) is 19.3 Å². The zero-order valence-corrected chi connectivity index (χ0v) is 19.0. The standard InChI is InChI=1S/C31H20N4/c1-32-28-11-5-22(6-12-28)17-24-9-15-31(35-4)27(19-24)21-25-10-16-30(34-3)26(20-25)18-23-7-13-29(33-2)14-8-23/h5-16,19-20H,17-18,21H2. The molecule has 0 saturated heterocycles. The van der Waals surface area contributed by atoms with Crippen LogP contribution >= 0.6 is 0 Å². The van der Waals surface area contributed by atoms with E-state index < -0.39 is 0 Å². The Morgan fingerprint density at radius 3 is 1.20 bits per heavy atom. The van der Waals surface area contributed by atoms with E-state index in [0.29, 0.717) is 35.6 Å². The molecule has 0 bridgehead atoms. The summed E-state index contributed by atoms with van der Waals surface area (Å²) in [6, 6.07) is 26.9. The molecule has 0 fully saturated rings. The molecule has 0 amide bonds. The van der Waals surface area contributed by atoms with Crippen molar-refractivity contribution in [2.45, 2.75) is 19.3 Å². The highest BCUT2D eigenvalue weighted by Crippen LogP contribution is 2.29. The molecule has 0 unspecified atom stereocenters. The average Bonchev–Trinajstić information content (AvgIpc) is 2.90. The van der Waals surface area contributed by atoms with Crippen molar-refractivity contribution in [1.29, 1.82) is 0 Å². The van der Waals surface area contributed by atoms with Gasteiger partial charge >= 0.3 is 0 Å². The van der Waals surface area contributed by atoms with Crippen LogP contribution in [0.1, 0.15) is 33.4 Å². The second-order valence-corrected chi connectivity index (χ2v) is 8.24. The molecule has 0 heterocycles. The summed E-state index contributed by atoms with van der Waals surface area (Å²) in [6.45, 7) is 29.4. The molecule has 35 heavy (non-hydrogen) atoms. The quantitative estimate of drug-likeness (QED) is 0.263. The van der Waals surface area contributed by atoms with Crippen molar-refractivity contribution in [1.82, 2.24) is 0 Å². The second-order valence-electron chi connectivity index (χ2n) is 8.24. The van der Waals surface area contributed by atoms with E-state index in [1.165, 1.54) is 0 Å². The summed E-state index contributed by atoms with van der Waals surface area (Å²) in [4.78, 5) is 14.3. The number of hydrogen-bond acceptors (Lipinski definition) is 0. The van der Waals surface area contributed by atoms with E-state index in [0.717, 1.165) is 39.8 Å². The molecule has 0 aliphatic heterocycles. The summed E-state index contributed by atoms with van der Waals surface area (Å²) in [6.07, 6.45) is 1.94. The molecule has 0 atom stereocenters. The summed E-state index contributed by atoms with van der Waals surface area (Å²) < 4.78 is 0. The zero-order chi connectivity index (χ0) is 24.6. The van der Waals surface area contributed by atoms with Crippen molar-refractivity contribution >= 4 is 22.7 Å². The van der Waals surface area contributed by atoms with Gasteiger partial charge in [0.1, 0.15) is 0 Å². The van der Waals surface area contributed by atoms with Crippen LogP contribution in [0.5, 0.6) is 0 Å². The predicted octanol–water partition coefficient (Wildman–Crippen LogP) is 8.66. The Kier molecular flexibility index (Phi) is 6.99. The lowest BCUT2D eigenvalue weighted by Gasteiger charge is -2.11. The molecule has 4 nitrogen and oxygen atoms in total. The van der Waals surface area contributed by atoms with Crippen molar-refractivity contribution in [3.8, 4) is 0 Å². The van der Waals surface area contributed by atoms with Gasteiger partial charge in [0.15, 0.2) is 22.7 Å². The summed E-state index contributed by atoms with van der Waals surface area (Å²) in [5, 5.41) is 0. The third kappa shape index (κ3) is 5.61. The molecule has 4 rings (SSSR count). The van der Waals surface area contributed by atoms with E-state index in [4.69, 9.17) is 26.3 Å². The van der Waals surface area contributed by atoms with Crippen LogP contribution in [0, 0.1) is 26.3 Å². The largest absolute Gasteiger partial charge is 0.238 e. The minimum absolute atomic E-state index is 0.599. The smallest absolute Gasteiger partial charge is 0.190 e. The molecule has 4 aromatic rings. The van der Waals surface area contributed by atoms with Crippen molar-refractivity contribution < 1.29 is 0 Å². The molecule has 0 aliphatic rings. The molecule has 0 saturated carbocycles. The maximum Gasteiger partial charge on any atom is 0.190 e. The molecule has 0 spiro atoms. The van der Waals surface area contributed by atoms with Crippen LogP contribution in [-0.4, -0.2) is 0 Å². The summed E-state index contributed by atoms with van der Waals surface area (Å²) in [7, 11) is 0. The number of benzene rings is 4. The Labute approximate surface area is 206 Å². The van der Waals surface area contributed by atoms with Gasteiger partial charge in [-0.25, -0.2) is 19.4 Å². The Hall–Kier alpha value is -5.16. The first kappa shape index (κ1) is 23.0. The summed E-state index contributed by atoms with van der Waals surface area (Å²) in [5.74, 6) is 0. The van der Waals surface area contributed by atoms with Gasteiger partial charge in [-0.05, 0) is 52.6 Å². The first-order valence-corrected chi connectivity index (χ1v) is 11.0. The van der Waals surface area contributed by atoms with E-state index in [9.17, 15) is 0 Å². The molecular formula is C31H20N4. The second kappa shape index (κ2) is 10.6. The van der Waals surface area contributed by atoms with Crippen LogP contribution in [0.2, 0.25) is 0 Å². The predicted molar refractivity (Wildman–Crippen MR) is 139 cm³/mol. The Bertz CT molecular complexity index is 1540. The topological polar surface area (TPSA) is 17.4 Å². The molecule has 164 valence electrons. The summed E-state index contributed by atoms with van der Waals surface area (Å²) >= 11 is 0. The minimum Gasteiger partial charge on any atom is -0.238 e. The third-order valence-corrected chi connectivity index (χ3v) is 5.86. The van der Waals surface area contributed by atoms with E-state index in [1.54, 1.807) is 12.1 Å². The van der Waals surface area contributed by atoms with Crippen LogP contribution in [0.4, 0.5) is 22.7 Å². The highest BCUT2D eigenvalue weighted by molar-refractivity contribution is 5.59. The van der Waals surface area contributed by atoms with Crippen molar-refractivity contribution in [2.24, 2.45) is 0 Å². The summed E-state index contributed by atoms with van der Waals surface area (Å²) in [5.41, 5.74) is 8.69. The normalized spacial score (nSPS) is 9.94. The fourth-order valence-corrected chi connectivity index (χ4v) is 4.05. The highest BCUT2D eigenvalue weighted by Gasteiger charge is 2.10. The van der Waals surface area contributed by atoms with Crippen LogP contribution < -0.4 is 0 Å². The van der Waals surface area contributed by atoms with Crippen LogP contribution in [0.15, 0.2) is 84.9 Å². The molecule has 0 aromatic heterocycles. The van der Waals surface area contributed by atoms with Gasteiger partial charge in [0, 0.05) is 0 Å². The Morgan fingerprint density at radius 2 is 0.771 bits per heavy atom. The van der Waals surface area contributed by atoms with E-state index in [-0.39, 0.29) is 0 Å². The lowest BCUT2D eigenvalue weighted by molar-refractivity contribution is 1.13. The first-order chi connectivity index (χ1) is 17.1. The Morgan fingerprint density at radius 1 is 0.400 bits per heavy atom. The van der Waals surface area contributed by atoms with Crippen molar-refractivity contribution in [2.75, 3.05) is 0 Å². The van der Waals surface area contributed by atoms with Crippen LogP contribution in [0.3, 0.4) is 0 Å². The number of nitrogens with zero attached hydrogens (tertiary/aromatic N) is 4. The first-order valence-electron chi connectivity index (χ1n) is 11.0. The molecule has 0 radical (unpaired) electrons. The van der Waals surface area contributed by atoms with E-state index in [1.807, 2.05) is 60.7 Å². The maximum absolute atomic E-state index is 7.61. The average molecular weight is 449 g/mol. The molecule has 4 heteroatoms. The van der Waals surface area contributed by atoms with Crippen LogP contribution in [0.25, 0.3) is 19.4 Å². The van der Waals surface area contributed by atoms with Gasteiger partial charge < -0.3 is 0 Å². The van der Waals surface area contributed by atoms with Gasteiger partial charge in [-0.3, -0.25) is 0 Å². The van der Waals surface area contributed by atoms with Gasteiger partial charge in [-0.15, -0.1) is 0 Å². The fourth-order valence-electron chi connectivity index (χ4n) is 4.05. The van der Waals surface area contributed by atoms with Gasteiger partial charge in [-0.1, -0.05) is 84.9 Å². The molecule has 4 aromatic carbocycles. The number of rotatable bonds is 6. The minimum atomic E-state index is 0.599. The van der Waals surface area contributed by atoms with Gasteiger partial charge in [0.25, 0.3) is 0 Å². The molecule has 0 aliphatic carbocycles. The van der Waals surface area contributed by atoms with Gasteiger partial charge in [-0.2, -0.15) is 0 Å². The molecule has 0 N–H and O–H groups in total. The molecular weight excluding hydrogens is 428 g/mol. The van der Waals surface area contributed by atoms with E-state index >= 15 is 0 Å². The lowest BCUT2D eigenvalue weighted by Crippen LogP contribution is -1.95. The van der Waals surface area contributed by atoms with Crippen molar-refractivity contribution in [3.63, 3.8) is 0 Å². The van der Waals surface area contributed by atoms with E-state index in [2.05, 4.69) is 31.5 Å². The van der Waals surface area contributed by atoms with Gasteiger partial charge in [0.2, 0.25) is 0 Å². The SMILES string of the molecule is [C-]#[N+]c1ccc(Cc2ccc([N+]#[C-])c(Cc3ccc([N+]#[C-])c(Cc4ccc([N+]#[C-])cc4)c3)c2)cc1. The number of hydrogen-bond donors (Lipinski definition) is 0. The maximum atomic E-state index is 7.61. The lowest BCUT2D eigenvalue weighted by atomic mass is 9.95. The van der Waals surface area contributed by atoms with Crippen molar-refractivity contribution in [3.05, 3.63) is 164 Å². The zero-order valence-electron chi connectivity index (χ0n) is 19.0. The highest BCUT2D eigenvalue weighted by atomic mass is 14.7. The Balaban J connectivity index is 1.59. The van der Waals surface area contributed by atoms with Gasteiger partial charge in [0.05, 0.1) is 26.3 Å². The third-order valence-electron chi connectivity index (χ3n) is 5.86. The fraction of sp³-hybridized carbons (Fsp3) is 0.0968. The monoisotopic (exact) mass is 448 g/mol.